The van der Waals surface area contributed by atoms with Crippen LogP contribution in [0.15, 0.2) is 11.6 Å². The van der Waals surface area contributed by atoms with Crippen molar-refractivity contribution >= 4 is 23.2 Å². The summed E-state index contributed by atoms with van der Waals surface area (Å²) in [4.78, 5) is 0. The van der Waals surface area contributed by atoms with Gasteiger partial charge < -0.3 is 5.32 Å². The van der Waals surface area contributed by atoms with E-state index in [-0.39, 0.29) is 5.38 Å². The molecule has 0 spiro atoms. The molecular formula is C8H15Cl2N. The lowest BCUT2D eigenvalue weighted by Crippen LogP contribution is -2.27. The second-order valence-corrected chi connectivity index (χ2v) is 3.68. The maximum atomic E-state index is 5.80. The van der Waals surface area contributed by atoms with Gasteiger partial charge >= 0.3 is 0 Å². The van der Waals surface area contributed by atoms with Gasteiger partial charge in [-0.3, -0.25) is 0 Å². The van der Waals surface area contributed by atoms with Crippen molar-refractivity contribution in [1.82, 2.24) is 5.32 Å². The standard InChI is InChI=1S/C8H15Cl2N/c1-7(10)6-8(2)11-5-3-4-9/h3-4,7-8,11H,5-6H2,1-2H3/b4-3+. The van der Waals surface area contributed by atoms with E-state index in [1.54, 1.807) is 0 Å². The molecule has 0 amide bonds. The van der Waals surface area contributed by atoms with Crippen molar-refractivity contribution in [2.45, 2.75) is 31.7 Å². The fourth-order valence-electron chi connectivity index (χ4n) is 0.884. The first-order chi connectivity index (χ1) is 5.16. The van der Waals surface area contributed by atoms with Crippen LogP contribution in [0.5, 0.6) is 0 Å². The van der Waals surface area contributed by atoms with Gasteiger partial charge in [0, 0.05) is 23.5 Å². The van der Waals surface area contributed by atoms with Crippen molar-refractivity contribution in [3.8, 4) is 0 Å². The maximum absolute atomic E-state index is 5.80. The van der Waals surface area contributed by atoms with Gasteiger partial charge in [-0.15, -0.1) is 11.6 Å². The fraction of sp³-hybridized carbons (Fsp3) is 0.750. The largest absolute Gasteiger partial charge is 0.311 e. The third-order valence-corrected chi connectivity index (χ3v) is 1.71. The Morgan fingerprint density at radius 3 is 2.55 bits per heavy atom. The summed E-state index contributed by atoms with van der Waals surface area (Å²) < 4.78 is 0. The lowest BCUT2D eigenvalue weighted by Gasteiger charge is -2.12. The predicted octanol–water partition coefficient (Wildman–Crippen LogP) is 2.73. The van der Waals surface area contributed by atoms with Crippen LogP contribution in [-0.4, -0.2) is 18.0 Å². The third-order valence-electron chi connectivity index (χ3n) is 1.35. The average molecular weight is 196 g/mol. The molecule has 0 aliphatic rings. The van der Waals surface area contributed by atoms with Crippen LogP contribution in [-0.2, 0) is 0 Å². The molecule has 1 N–H and O–H groups in total. The zero-order valence-electron chi connectivity index (χ0n) is 6.98. The van der Waals surface area contributed by atoms with Gasteiger partial charge in [-0.25, -0.2) is 0 Å². The van der Waals surface area contributed by atoms with Crippen LogP contribution >= 0.6 is 23.2 Å². The monoisotopic (exact) mass is 195 g/mol. The Morgan fingerprint density at radius 2 is 2.09 bits per heavy atom. The van der Waals surface area contributed by atoms with Gasteiger partial charge in [0.2, 0.25) is 0 Å². The molecule has 0 radical (unpaired) electrons. The van der Waals surface area contributed by atoms with Crippen LogP contribution in [0.2, 0.25) is 0 Å². The summed E-state index contributed by atoms with van der Waals surface area (Å²) in [5.41, 5.74) is 1.52. The quantitative estimate of drug-likeness (QED) is 0.666. The topological polar surface area (TPSA) is 12.0 Å². The summed E-state index contributed by atoms with van der Waals surface area (Å²) in [6.07, 6.45) is 2.86. The SMILES string of the molecule is CC(Cl)CC(C)NC/C=C/Cl. The summed E-state index contributed by atoms with van der Waals surface area (Å²) in [5, 5.41) is 3.49. The van der Waals surface area contributed by atoms with Crippen LogP contribution in [0.1, 0.15) is 20.3 Å². The van der Waals surface area contributed by atoms with Crippen LogP contribution < -0.4 is 5.32 Å². The zero-order chi connectivity index (χ0) is 8.69. The molecule has 2 unspecified atom stereocenters. The van der Waals surface area contributed by atoms with Gasteiger partial charge in [-0.05, 0) is 20.3 Å². The van der Waals surface area contributed by atoms with Gasteiger partial charge in [0.1, 0.15) is 0 Å². The van der Waals surface area contributed by atoms with E-state index in [0.717, 1.165) is 13.0 Å². The minimum absolute atomic E-state index is 0.234. The minimum Gasteiger partial charge on any atom is -0.311 e. The van der Waals surface area contributed by atoms with Crippen molar-refractivity contribution in [2.75, 3.05) is 6.54 Å². The van der Waals surface area contributed by atoms with E-state index in [1.165, 1.54) is 5.54 Å². The van der Waals surface area contributed by atoms with Gasteiger partial charge in [-0.2, -0.15) is 0 Å². The summed E-state index contributed by atoms with van der Waals surface area (Å²) in [5.74, 6) is 0. The van der Waals surface area contributed by atoms with Crippen molar-refractivity contribution < 1.29 is 0 Å². The molecule has 0 rings (SSSR count). The van der Waals surface area contributed by atoms with Crippen LogP contribution in [0.4, 0.5) is 0 Å². The first kappa shape index (κ1) is 11.3. The van der Waals surface area contributed by atoms with Gasteiger partial charge in [0.05, 0.1) is 0 Å². The molecule has 0 aromatic carbocycles. The van der Waals surface area contributed by atoms with Crippen molar-refractivity contribution in [1.29, 1.82) is 0 Å². The van der Waals surface area contributed by atoms with Crippen molar-refractivity contribution in [3.63, 3.8) is 0 Å². The first-order valence-electron chi connectivity index (χ1n) is 3.79. The molecular weight excluding hydrogens is 181 g/mol. The third kappa shape index (κ3) is 8.18. The number of hydrogen-bond acceptors (Lipinski definition) is 1. The Balaban J connectivity index is 3.29. The fourth-order valence-corrected chi connectivity index (χ4v) is 1.24. The highest BCUT2D eigenvalue weighted by molar-refractivity contribution is 6.25. The molecule has 66 valence electrons. The number of rotatable bonds is 5. The molecule has 0 aliphatic carbocycles. The van der Waals surface area contributed by atoms with E-state index >= 15 is 0 Å². The van der Waals surface area contributed by atoms with Crippen LogP contribution in [0, 0.1) is 0 Å². The van der Waals surface area contributed by atoms with Crippen molar-refractivity contribution in [2.24, 2.45) is 0 Å². The zero-order valence-corrected chi connectivity index (χ0v) is 8.49. The number of alkyl halides is 1. The number of nitrogens with one attached hydrogen (secondary N) is 1. The Bertz CT molecular complexity index is 113. The van der Waals surface area contributed by atoms with E-state index in [9.17, 15) is 0 Å². The number of hydrogen-bond donors (Lipinski definition) is 1. The van der Waals surface area contributed by atoms with Gasteiger partial charge in [0.15, 0.2) is 0 Å². The molecule has 0 bridgehead atoms. The molecule has 0 aromatic rings. The molecule has 0 aliphatic heterocycles. The molecule has 0 fully saturated rings. The summed E-state index contributed by atoms with van der Waals surface area (Å²) >= 11 is 11.1. The lowest BCUT2D eigenvalue weighted by atomic mass is 10.2. The second-order valence-electron chi connectivity index (χ2n) is 2.69. The van der Waals surface area contributed by atoms with E-state index in [0.29, 0.717) is 6.04 Å². The molecule has 0 aromatic heterocycles. The summed E-state index contributed by atoms with van der Waals surface area (Å²) in [6.45, 7) is 4.92. The molecule has 0 saturated carbocycles. The Morgan fingerprint density at radius 1 is 1.45 bits per heavy atom. The minimum atomic E-state index is 0.234. The molecule has 0 saturated heterocycles. The van der Waals surface area contributed by atoms with Gasteiger partial charge in [0.25, 0.3) is 0 Å². The van der Waals surface area contributed by atoms with Crippen molar-refractivity contribution in [3.05, 3.63) is 11.6 Å². The van der Waals surface area contributed by atoms with Crippen LogP contribution in [0.25, 0.3) is 0 Å². The Hall–Kier alpha value is 0.280. The molecule has 11 heavy (non-hydrogen) atoms. The van der Waals surface area contributed by atoms with E-state index < -0.39 is 0 Å². The smallest absolute Gasteiger partial charge is 0.0322 e. The van der Waals surface area contributed by atoms with E-state index in [1.807, 2.05) is 13.0 Å². The highest BCUT2D eigenvalue weighted by Gasteiger charge is 2.03. The molecule has 0 heterocycles. The summed E-state index contributed by atoms with van der Waals surface area (Å²) in [7, 11) is 0. The molecule has 1 nitrogen and oxygen atoms in total. The normalized spacial score (nSPS) is 17.1. The highest BCUT2D eigenvalue weighted by Crippen LogP contribution is 2.03. The number of halogens is 2. The molecule has 2 atom stereocenters. The Labute approximate surface area is 78.8 Å². The summed E-state index contributed by atoms with van der Waals surface area (Å²) in [6, 6.07) is 0.454. The first-order valence-corrected chi connectivity index (χ1v) is 4.66. The van der Waals surface area contributed by atoms with Gasteiger partial charge in [-0.1, -0.05) is 17.7 Å². The predicted molar refractivity (Wildman–Crippen MR) is 52.4 cm³/mol. The lowest BCUT2D eigenvalue weighted by molar-refractivity contribution is 0.539. The van der Waals surface area contributed by atoms with E-state index in [4.69, 9.17) is 23.2 Å². The Kier molecular flexibility index (Phi) is 7.13. The molecule has 3 heteroatoms. The maximum Gasteiger partial charge on any atom is 0.0322 e. The van der Waals surface area contributed by atoms with Crippen LogP contribution in [0.3, 0.4) is 0 Å². The highest BCUT2D eigenvalue weighted by atomic mass is 35.5. The van der Waals surface area contributed by atoms with E-state index in [2.05, 4.69) is 12.2 Å². The average Bonchev–Trinajstić information content (AvgIpc) is 1.86. The second kappa shape index (κ2) is 6.96.